The van der Waals surface area contributed by atoms with E-state index in [-0.39, 0.29) is 0 Å². The smallest absolute Gasteiger partial charge is 0.0346 e. The van der Waals surface area contributed by atoms with Crippen molar-refractivity contribution in [3.8, 4) is 0 Å². The van der Waals surface area contributed by atoms with Gasteiger partial charge in [-0.1, -0.05) is 59.5 Å². The first kappa shape index (κ1) is 12.2. The van der Waals surface area contributed by atoms with Crippen molar-refractivity contribution in [3.63, 3.8) is 0 Å². The van der Waals surface area contributed by atoms with Crippen LogP contribution in [0.5, 0.6) is 0 Å². The number of hydrogen-bond acceptors (Lipinski definition) is 1. The van der Waals surface area contributed by atoms with E-state index in [9.17, 15) is 0 Å². The molecule has 1 aromatic heterocycles. The van der Waals surface area contributed by atoms with Gasteiger partial charge in [-0.2, -0.15) is 0 Å². The van der Waals surface area contributed by atoms with Gasteiger partial charge in [0.05, 0.1) is 0 Å². The van der Waals surface area contributed by atoms with Gasteiger partial charge in [0.1, 0.15) is 0 Å². The number of alkyl halides is 1. The molecule has 1 saturated carbocycles. The zero-order chi connectivity index (χ0) is 12.4. The Morgan fingerprint density at radius 2 is 1.83 bits per heavy atom. The van der Waals surface area contributed by atoms with E-state index in [1.807, 2.05) is 6.20 Å². The van der Waals surface area contributed by atoms with Crippen LogP contribution in [-0.4, -0.2) is 9.81 Å². The summed E-state index contributed by atoms with van der Waals surface area (Å²) in [6, 6.07) is 8.61. The lowest BCUT2D eigenvalue weighted by atomic mass is 9.89. The van der Waals surface area contributed by atoms with Gasteiger partial charge in [0, 0.05) is 22.6 Å². The van der Waals surface area contributed by atoms with Gasteiger partial charge < -0.3 is 0 Å². The summed E-state index contributed by atoms with van der Waals surface area (Å²) in [4.78, 5) is 5.04. The molecule has 1 nitrogen and oxygen atoms in total. The molecule has 1 aliphatic carbocycles. The van der Waals surface area contributed by atoms with E-state index < -0.39 is 0 Å². The summed E-state index contributed by atoms with van der Waals surface area (Å²) in [6.45, 7) is 0. The summed E-state index contributed by atoms with van der Waals surface area (Å²) in [5.74, 6) is 0.617. The molecule has 94 valence electrons. The zero-order valence-electron chi connectivity index (χ0n) is 10.5. The zero-order valence-corrected chi connectivity index (χ0v) is 12.1. The van der Waals surface area contributed by atoms with Crippen molar-refractivity contribution in [1.29, 1.82) is 0 Å². The predicted octanol–water partition coefficient (Wildman–Crippen LogP) is 5.05. The van der Waals surface area contributed by atoms with Crippen molar-refractivity contribution < 1.29 is 0 Å². The maximum Gasteiger partial charge on any atom is 0.0346 e. The molecule has 2 atom stereocenters. The van der Waals surface area contributed by atoms with E-state index in [1.54, 1.807) is 0 Å². The van der Waals surface area contributed by atoms with Crippen LogP contribution in [0.1, 0.15) is 43.6 Å². The monoisotopic (exact) mass is 303 g/mol. The van der Waals surface area contributed by atoms with E-state index in [2.05, 4.69) is 51.4 Å². The normalized spacial score (nSPS) is 24.9. The summed E-state index contributed by atoms with van der Waals surface area (Å²) >= 11 is 3.90. The fourth-order valence-electron chi connectivity index (χ4n) is 3.05. The molecule has 3 rings (SSSR count). The molecule has 0 N–H and O–H groups in total. The molecule has 2 unspecified atom stereocenters. The summed E-state index contributed by atoms with van der Waals surface area (Å²) in [6.07, 6.45) is 10.7. The van der Waals surface area contributed by atoms with Crippen LogP contribution in [0.3, 0.4) is 0 Å². The number of pyridine rings is 1. The van der Waals surface area contributed by atoms with E-state index in [0.717, 1.165) is 0 Å². The molecule has 0 bridgehead atoms. The Labute approximate surface area is 117 Å². The Morgan fingerprint density at radius 3 is 2.78 bits per heavy atom. The van der Waals surface area contributed by atoms with E-state index in [4.69, 9.17) is 0 Å². The first-order valence-electron chi connectivity index (χ1n) is 6.83. The Morgan fingerprint density at radius 1 is 1.00 bits per heavy atom. The van der Waals surface area contributed by atoms with E-state index in [1.165, 1.54) is 48.4 Å². The van der Waals surface area contributed by atoms with Gasteiger partial charge in [0.2, 0.25) is 0 Å². The molecule has 0 amide bonds. The van der Waals surface area contributed by atoms with Crippen LogP contribution in [0.4, 0.5) is 0 Å². The van der Waals surface area contributed by atoms with Crippen LogP contribution >= 0.6 is 15.9 Å². The second-order valence-electron chi connectivity index (χ2n) is 5.21. The van der Waals surface area contributed by atoms with Gasteiger partial charge in [-0.3, -0.25) is 4.98 Å². The molecule has 18 heavy (non-hydrogen) atoms. The third-order valence-electron chi connectivity index (χ3n) is 4.03. The van der Waals surface area contributed by atoms with Crippen molar-refractivity contribution in [1.82, 2.24) is 4.98 Å². The molecule has 1 fully saturated rings. The number of benzene rings is 1. The number of hydrogen-bond donors (Lipinski definition) is 0. The highest BCUT2D eigenvalue weighted by molar-refractivity contribution is 9.09. The number of fused-ring (bicyclic) bond motifs is 1. The van der Waals surface area contributed by atoms with Gasteiger partial charge in [0.25, 0.3) is 0 Å². The molecule has 0 radical (unpaired) electrons. The van der Waals surface area contributed by atoms with Gasteiger partial charge >= 0.3 is 0 Å². The Kier molecular flexibility index (Phi) is 3.64. The molecular weight excluding hydrogens is 286 g/mol. The van der Waals surface area contributed by atoms with Crippen LogP contribution in [0.25, 0.3) is 10.8 Å². The van der Waals surface area contributed by atoms with Crippen LogP contribution in [0, 0.1) is 0 Å². The molecule has 0 spiro atoms. The number of halogens is 1. The highest BCUT2D eigenvalue weighted by Crippen LogP contribution is 2.38. The van der Waals surface area contributed by atoms with Crippen LogP contribution in [0.15, 0.2) is 36.7 Å². The topological polar surface area (TPSA) is 12.9 Å². The molecule has 1 aromatic carbocycles. The summed E-state index contributed by atoms with van der Waals surface area (Å²) in [5.41, 5.74) is 1.43. The van der Waals surface area contributed by atoms with Crippen LogP contribution < -0.4 is 0 Å². The second kappa shape index (κ2) is 5.40. The van der Waals surface area contributed by atoms with Crippen molar-refractivity contribution in [3.05, 3.63) is 42.2 Å². The summed E-state index contributed by atoms with van der Waals surface area (Å²) in [5, 5.41) is 2.64. The van der Waals surface area contributed by atoms with Gasteiger partial charge in [0.15, 0.2) is 0 Å². The minimum Gasteiger partial charge on any atom is -0.264 e. The Hall–Kier alpha value is -0.890. The third kappa shape index (κ3) is 2.31. The molecule has 1 aliphatic rings. The van der Waals surface area contributed by atoms with E-state index >= 15 is 0 Å². The highest BCUT2D eigenvalue weighted by Gasteiger charge is 2.24. The minimum atomic E-state index is 0.604. The first-order chi connectivity index (χ1) is 8.86. The average molecular weight is 304 g/mol. The fraction of sp³-hybridized carbons (Fsp3) is 0.438. The standard InChI is InChI=1S/C16H18BrN/c17-16-9-3-1-2-8-14(16)15-11-18-10-12-6-4-5-7-13(12)15/h4-7,10-11,14,16H,1-3,8-9H2. The Bertz CT molecular complexity index is 532. The van der Waals surface area contributed by atoms with Crippen molar-refractivity contribution in [2.75, 3.05) is 0 Å². The number of nitrogens with zero attached hydrogens (tertiary/aromatic N) is 1. The summed E-state index contributed by atoms with van der Waals surface area (Å²) in [7, 11) is 0. The van der Waals surface area contributed by atoms with Gasteiger partial charge in [-0.25, -0.2) is 0 Å². The summed E-state index contributed by atoms with van der Waals surface area (Å²) < 4.78 is 0. The SMILES string of the molecule is BrC1CCCCCC1c1cncc2ccccc12. The third-order valence-corrected chi connectivity index (χ3v) is 5.13. The van der Waals surface area contributed by atoms with Crippen LogP contribution in [-0.2, 0) is 0 Å². The Balaban J connectivity index is 2.07. The van der Waals surface area contributed by atoms with Crippen molar-refractivity contribution >= 4 is 26.7 Å². The second-order valence-corrected chi connectivity index (χ2v) is 6.39. The highest BCUT2D eigenvalue weighted by atomic mass is 79.9. The van der Waals surface area contributed by atoms with Gasteiger partial charge in [-0.05, 0) is 29.7 Å². The van der Waals surface area contributed by atoms with Crippen molar-refractivity contribution in [2.45, 2.75) is 42.8 Å². The lowest BCUT2D eigenvalue weighted by Crippen LogP contribution is -2.11. The molecule has 1 heterocycles. The fourth-order valence-corrected chi connectivity index (χ4v) is 3.92. The quantitative estimate of drug-likeness (QED) is 0.531. The molecule has 2 heteroatoms. The number of rotatable bonds is 1. The van der Waals surface area contributed by atoms with Crippen molar-refractivity contribution in [2.24, 2.45) is 0 Å². The molecule has 0 saturated heterocycles. The first-order valence-corrected chi connectivity index (χ1v) is 7.74. The maximum absolute atomic E-state index is 4.43. The number of aromatic nitrogens is 1. The van der Waals surface area contributed by atoms with Crippen LogP contribution in [0.2, 0.25) is 0 Å². The predicted molar refractivity (Wildman–Crippen MR) is 80.3 cm³/mol. The maximum atomic E-state index is 4.43. The largest absolute Gasteiger partial charge is 0.264 e. The molecule has 2 aromatic rings. The molecule has 0 aliphatic heterocycles. The lowest BCUT2D eigenvalue weighted by molar-refractivity contribution is 0.615. The molecular formula is C16H18BrN. The lowest BCUT2D eigenvalue weighted by Gasteiger charge is -2.21. The van der Waals surface area contributed by atoms with Gasteiger partial charge in [-0.15, -0.1) is 0 Å². The average Bonchev–Trinajstić information content (AvgIpc) is 2.63. The minimum absolute atomic E-state index is 0.604. The van der Waals surface area contributed by atoms with E-state index in [0.29, 0.717) is 10.7 Å².